The van der Waals surface area contributed by atoms with Gasteiger partial charge in [0.2, 0.25) is 29.1 Å². The van der Waals surface area contributed by atoms with E-state index in [-0.39, 0.29) is 147 Å². The summed E-state index contributed by atoms with van der Waals surface area (Å²) in [5, 5.41) is 30.1. The van der Waals surface area contributed by atoms with Gasteiger partial charge in [-0.1, -0.05) is 196 Å². The zero-order valence-electron chi connectivity index (χ0n) is 78.9. The lowest BCUT2D eigenvalue weighted by atomic mass is 9.91. The van der Waals surface area contributed by atoms with Crippen LogP contribution in [0.3, 0.4) is 0 Å². The molecule has 5 heterocycles. The Morgan fingerprint density at radius 3 is 0.953 bits per heavy atom. The van der Waals surface area contributed by atoms with Gasteiger partial charge in [0, 0.05) is 62.7 Å². The number of hydrogen-bond acceptors (Lipinski definition) is 31. The lowest BCUT2D eigenvalue weighted by Crippen LogP contribution is -2.33. The van der Waals surface area contributed by atoms with E-state index in [4.69, 9.17) is 51.0 Å². The van der Waals surface area contributed by atoms with E-state index in [1.807, 2.05) is 37.3 Å². The summed E-state index contributed by atoms with van der Waals surface area (Å²) in [7, 11) is 1.47. The van der Waals surface area contributed by atoms with E-state index >= 15 is 0 Å². The topological polar surface area (TPSA) is 481 Å². The minimum absolute atomic E-state index is 0.0182. The molecule has 0 saturated heterocycles. The van der Waals surface area contributed by atoms with Gasteiger partial charge >= 0.3 is 30.5 Å². The molecular weight excluding hydrogens is 1940 g/mol. The van der Waals surface area contributed by atoms with Gasteiger partial charge in [0.1, 0.15) is 54.2 Å². The van der Waals surface area contributed by atoms with Gasteiger partial charge in [-0.05, 0) is 202 Å². The van der Waals surface area contributed by atoms with Crippen LogP contribution in [0.4, 0.5) is 45.9 Å². The molecule has 754 valence electrons. The molecule has 41 heteroatoms. The number of rotatable bonds is 24. The monoisotopic (exact) mass is 2020 g/mol. The molecule has 10 amide bonds. The molecule has 0 spiro atoms. The lowest BCUT2D eigenvalue weighted by molar-refractivity contribution is 0.0823. The van der Waals surface area contributed by atoms with Gasteiger partial charge in [-0.3, -0.25) is 50.6 Å². The van der Waals surface area contributed by atoms with Crippen LogP contribution in [0.25, 0.3) is 114 Å². The van der Waals surface area contributed by atoms with Gasteiger partial charge < -0.3 is 51.0 Å². The highest BCUT2D eigenvalue weighted by atomic mass is 19.1. The maximum absolute atomic E-state index is 14.0. The molecule has 36 nitrogen and oxygen atoms in total. The zero-order valence-corrected chi connectivity index (χ0v) is 78.9. The van der Waals surface area contributed by atoms with Crippen molar-refractivity contribution >= 4 is 60.0 Å². The average molecular weight is 2020 g/mol. The highest BCUT2D eigenvalue weighted by molar-refractivity contribution is 6.07. The number of carbonyl (C=O) groups excluding carboxylic acids is 10. The minimum Gasteiger partial charge on any atom is -0.449 e. The Labute approximate surface area is 843 Å². The Morgan fingerprint density at radius 2 is 0.617 bits per heavy atom. The number of alkyl carbamates (subject to hydrolysis) is 4. The molecule has 5 N–H and O–H groups in total. The number of benzene rings is 12. The molecule has 17 aromatic rings. The number of fused-ring (bicyclic) bond motifs is 1. The average Bonchev–Trinajstić information content (AvgIpc) is 1.80. The summed E-state index contributed by atoms with van der Waals surface area (Å²) >= 11 is 0. The highest BCUT2D eigenvalue weighted by Gasteiger charge is 2.28. The first kappa shape index (κ1) is 104. The van der Waals surface area contributed by atoms with Crippen LogP contribution in [0.1, 0.15) is 120 Å². The standard InChI is InChI=1S/C26H20FN3O4.C23H16FN3O4.C21H18FN3O4.C19H16FN3O5.C19H16FN3O4/c27-21-13-4-3-12-20(21)25-28-23(30-34-25)17-9-5-10-18(15-17)24(31)29-26(32)33-22-14-6-8-16-7-1-2-11-19(16)22;24-19-12-5-4-11-18(19)22-25-20(27-31-22)16-9-6-10-17(13-16)21(28)26-23(29)30-14-15-7-2-1-3-8-15;22-17-11-4-3-10-16(17)20-23-18(25-29-20)13-6-5-7-14(12-13)19(26)24-21(27)28-15-8-1-2-9-15;1-26-9-10-27-19(25)22-17(24)13-6-4-5-12(11-13)16-21-18(28-23-16)14-7-2-3-8-15(14)20;1-2-10-26-19(25)22-17(24)13-7-5-6-12(11-13)16-21-18(27-23-16)14-8-3-4-9-15(14)20/h3-6,8-10,12-15H,1-2,7,11H2,(H,29,31,32);1-13H,14H2,(H,26,28,29);3-7,10-12,15H,1-2,8-9H2,(H,24,26,27);2-8,11H,9-10H2,1H3,(H,22,24,25);3-9,11H,2,10H2,1H3,(H,22,24,25). The first-order valence-electron chi connectivity index (χ1n) is 46.0. The summed E-state index contributed by atoms with van der Waals surface area (Å²) in [5.41, 5.74) is 7.34. The molecule has 1 fully saturated rings. The summed E-state index contributed by atoms with van der Waals surface area (Å²) in [4.78, 5) is 142. The number of imide groups is 5. The van der Waals surface area contributed by atoms with Crippen molar-refractivity contribution in [3.05, 3.63) is 365 Å². The molecule has 19 rings (SSSR count). The minimum atomic E-state index is -0.881. The molecule has 5 aromatic heterocycles. The summed E-state index contributed by atoms with van der Waals surface area (Å²) in [5.74, 6) is -4.00. The third kappa shape index (κ3) is 28.6. The van der Waals surface area contributed by atoms with Crippen molar-refractivity contribution in [1.82, 2.24) is 77.3 Å². The zero-order chi connectivity index (χ0) is 104. The van der Waals surface area contributed by atoms with Crippen molar-refractivity contribution in [3.8, 4) is 120 Å². The fourth-order valence-electron chi connectivity index (χ4n) is 14.6. The third-order valence-corrected chi connectivity index (χ3v) is 21.9. The number of nitrogens with one attached hydrogen (secondary N) is 5. The molecular formula is C108H86F5N15O21. The van der Waals surface area contributed by atoms with Crippen LogP contribution < -0.4 is 31.3 Å². The Kier molecular flexibility index (Phi) is 35.6. The van der Waals surface area contributed by atoms with E-state index in [0.29, 0.717) is 40.0 Å². The first-order chi connectivity index (χ1) is 72.4. The van der Waals surface area contributed by atoms with Crippen LogP contribution in [0.15, 0.2) is 314 Å². The van der Waals surface area contributed by atoms with Gasteiger partial charge in [-0.2, -0.15) is 24.9 Å². The van der Waals surface area contributed by atoms with Crippen LogP contribution in [-0.2, 0) is 43.1 Å². The van der Waals surface area contributed by atoms with Gasteiger partial charge in [0.05, 0.1) is 41.0 Å². The molecule has 0 unspecified atom stereocenters. The van der Waals surface area contributed by atoms with Crippen LogP contribution in [-0.4, -0.2) is 144 Å². The van der Waals surface area contributed by atoms with E-state index in [1.54, 1.807) is 152 Å². The van der Waals surface area contributed by atoms with E-state index < -0.39 is 89.1 Å². The fraction of sp³-hybridized carbons (Fsp3) is 0.148. The van der Waals surface area contributed by atoms with Crippen molar-refractivity contribution in [2.75, 3.05) is 26.9 Å². The number of halogens is 5. The van der Waals surface area contributed by atoms with Crippen LogP contribution in [0.2, 0.25) is 0 Å². The summed E-state index contributed by atoms with van der Waals surface area (Å²) < 4.78 is 125. The molecule has 1 saturated carbocycles. The Hall–Kier alpha value is -19.3. The predicted octanol–water partition coefficient (Wildman–Crippen LogP) is 21.2. The maximum atomic E-state index is 14.0. The van der Waals surface area contributed by atoms with Gasteiger partial charge in [-0.15, -0.1) is 0 Å². The smallest absolute Gasteiger partial charge is 0.419 e. The second-order valence-corrected chi connectivity index (χ2v) is 32.3. The summed E-state index contributed by atoms with van der Waals surface area (Å²) in [6.07, 6.45) is 3.98. The number of aryl methyl sites for hydroxylation is 1. The maximum Gasteiger partial charge on any atom is 0.419 e. The number of carbonyl (C=O) groups is 10. The summed E-state index contributed by atoms with van der Waals surface area (Å²) in [6, 6.07) is 76.6. The van der Waals surface area contributed by atoms with Gasteiger partial charge in [0.15, 0.2) is 0 Å². The number of hydrogen-bond donors (Lipinski definition) is 5. The molecule has 2 aliphatic rings. The van der Waals surface area contributed by atoms with Crippen LogP contribution >= 0.6 is 0 Å². The molecule has 12 aromatic carbocycles. The van der Waals surface area contributed by atoms with Crippen molar-refractivity contribution in [2.24, 2.45) is 0 Å². The largest absolute Gasteiger partial charge is 0.449 e. The Morgan fingerprint density at radius 1 is 0.315 bits per heavy atom. The van der Waals surface area contributed by atoms with E-state index in [0.717, 1.165) is 62.5 Å². The molecule has 0 aliphatic heterocycles. The van der Waals surface area contributed by atoms with Crippen molar-refractivity contribution in [3.63, 3.8) is 0 Å². The Bertz CT molecular complexity index is 7660. The molecule has 0 radical (unpaired) electrons. The SMILES string of the molecule is CCCOC(=O)NC(=O)c1cccc(-c2noc(-c3ccccc3F)n2)c1.COCCOC(=O)NC(=O)c1cccc(-c2noc(-c3ccccc3F)n2)c1.O=C(NC(=O)c1cccc(-c2noc(-c3ccccc3F)n2)c1)OC1CCCC1.O=C(NC(=O)c1cccc(-c2noc(-c3ccccc3F)n2)c1)OCc1ccccc1.O=C(NC(=O)c1cccc(-c2noc(-c3ccccc3F)n2)c1)Oc1cccc2c1CCCC2. The number of nitrogens with zero attached hydrogens (tertiary/aromatic N) is 10. The number of methoxy groups -OCH3 is 1. The second-order valence-electron chi connectivity index (χ2n) is 32.3. The van der Waals surface area contributed by atoms with E-state index in [9.17, 15) is 69.9 Å². The van der Waals surface area contributed by atoms with Crippen LogP contribution in [0, 0.1) is 29.1 Å². The van der Waals surface area contributed by atoms with Gasteiger partial charge in [0.25, 0.3) is 59.0 Å². The quantitative estimate of drug-likeness (QED) is 0.0213. The number of aromatic nitrogens is 10. The Balaban J connectivity index is 0.000000140. The van der Waals surface area contributed by atoms with Gasteiger partial charge in [-0.25, -0.2) is 45.9 Å². The van der Waals surface area contributed by atoms with Crippen LogP contribution in [0.5, 0.6) is 5.75 Å². The van der Waals surface area contributed by atoms with Crippen molar-refractivity contribution in [2.45, 2.75) is 77.4 Å². The van der Waals surface area contributed by atoms with E-state index in [1.165, 1.54) is 122 Å². The molecule has 149 heavy (non-hydrogen) atoms. The predicted molar refractivity (Wildman–Crippen MR) is 522 cm³/mol. The normalized spacial score (nSPS) is 11.6. The lowest BCUT2D eigenvalue weighted by Gasteiger charge is -2.18. The number of ether oxygens (including phenoxy) is 6. The fourth-order valence-corrected chi connectivity index (χ4v) is 14.6. The second kappa shape index (κ2) is 51.0. The third-order valence-electron chi connectivity index (χ3n) is 21.9. The first-order valence-corrected chi connectivity index (χ1v) is 46.0. The van der Waals surface area contributed by atoms with Crippen molar-refractivity contribution < 1.29 is 121 Å². The highest BCUT2D eigenvalue weighted by Crippen LogP contribution is 2.35. The molecule has 2 aliphatic carbocycles. The summed E-state index contributed by atoms with van der Waals surface area (Å²) in [6.45, 7) is 2.36. The van der Waals surface area contributed by atoms with E-state index in [2.05, 4.69) is 77.3 Å². The van der Waals surface area contributed by atoms with Crippen molar-refractivity contribution in [1.29, 1.82) is 0 Å². The molecule has 0 bridgehead atoms. The molecule has 0 atom stereocenters. The number of amides is 10.